The molecule has 0 bridgehead atoms. The van der Waals surface area contributed by atoms with Crippen LogP contribution in [0.25, 0.3) is 10.6 Å². The van der Waals surface area contributed by atoms with E-state index in [1.165, 1.54) is 12.1 Å². The van der Waals surface area contributed by atoms with Gasteiger partial charge in [0.25, 0.3) is 5.91 Å². The first kappa shape index (κ1) is 22.7. The molecule has 0 N–H and O–H groups in total. The van der Waals surface area contributed by atoms with Gasteiger partial charge in [0.05, 0.1) is 22.7 Å². The Morgan fingerprint density at radius 3 is 2.50 bits per heavy atom. The van der Waals surface area contributed by atoms with Crippen LogP contribution in [-0.4, -0.2) is 46.9 Å². The largest absolute Gasteiger partial charge is 0.416 e. The van der Waals surface area contributed by atoms with Gasteiger partial charge in [-0.05, 0) is 29.6 Å². The Hall–Kier alpha value is -1.94. The van der Waals surface area contributed by atoms with E-state index in [1.54, 1.807) is 27.6 Å². The van der Waals surface area contributed by atoms with Crippen LogP contribution in [0, 0.1) is 0 Å². The number of rotatable bonds is 4. The first-order valence-electron chi connectivity index (χ1n) is 9.07. The number of aromatic nitrogens is 1. The molecule has 30 heavy (non-hydrogen) atoms. The molecule has 1 saturated heterocycles. The second kappa shape index (κ2) is 9.47. The van der Waals surface area contributed by atoms with Crippen molar-refractivity contribution >= 4 is 41.0 Å². The normalized spacial score (nSPS) is 15.1. The van der Waals surface area contributed by atoms with Crippen LogP contribution in [0.5, 0.6) is 0 Å². The summed E-state index contributed by atoms with van der Waals surface area (Å²) in [5, 5.41) is 5.09. The zero-order valence-corrected chi connectivity index (χ0v) is 18.2. The van der Waals surface area contributed by atoms with E-state index in [9.17, 15) is 18.0 Å². The molecule has 1 fully saturated rings. The van der Waals surface area contributed by atoms with E-state index < -0.39 is 11.7 Å². The predicted octanol–water partition coefficient (Wildman–Crippen LogP) is 5.27. The summed E-state index contributed by atoms with van der Waals surface area (Å²) < 4.78 is 38.7. The smallest absolute Gasteiger partial charge is 0.336 e. The van der Waals surface area contributed by atoms with Gasteiger partial charge in [-0.15, -0.1) is 35.1 Å². The lowest BCUT2D eigenvalue weighted by molar-refractivity contribution is -0.137. The number of nitrogens with zero attached hydrogens (tertiary/aromatic N) is 3. The molecule has 1 amide bonds. The first-order valence-corrected chi connectivity index (χ1v) is 10.8. The number of alkyl halides is 3. The summed E-state index contributed by atoms with van der Waals surface area (Å²) in [4.78, 5) is 22.3. The van der Waals surface area contributed by atoms with Crippen molar-refractivity contribution in [2.75, 3.05) is 26.2 Å². The molecule has 0 atom stereocenters. The number of piperazine rings is 1. The molecule has 0 aliphatic carbocycles. The van der Waals surface area contributed by atoms with Crippen molar-refractivity contribution < 1.29 is 18.0 Å². The van der Waals surface area contributed by atoms with Gasteiger partial charge >= 0.3 is 6.18 Å². The lowest BCUT2D eigenvalue weighted by Crippen LogP contribution is -2.48. The third kappa shape index (κ3) is 5.21. The van der Waals surface area contributed by atoms with Gasteiger partial charge in [-0.2, -0.15) is 13.2 Å². The molecule has 2 aromatic heterocycles. The molecule has 1 aliphatic heterocycles. The van der Waals surface area contributed by atoms with Crippen LogP contribution in [0.4, 0.5) is 13.2 Å². The Bertz CT molecular complexity index is 983. The highest BCUT2D eigenvalue weighted by Gasteiger charge is 2.31. The monoisotopic (exact) mass is 473 g/mol. The minimum Gasteiger partial charge on any atom is -0.336 e. The molecule has 0 saturated carbocycles. The van der Waals surface area contributed by atoms with Crippen molar-refractivity contribution in [2.24, 2.45) is 0 Å². The van der Waals surface area contributed by atoms with E-state index in [0.29, 0.717) is 32.7 Å². The lowest BCUT2D eigenvalue weighted by Gasteiger charge is -2.34. The second-order valence-electron chi connectivity index (χ2n) is 6.75. The molecule has 3 aromatic rings. The van der Waals surface area contributed by atoms with Crippen molar-refractivity contribution in [3.63, 3.8) is 0 Å². The van der Waals surface area contributed by atoms with Gasteiger partial charge in [0.1, 0.15) is 5.01 Å². The number of amides is 1. The molecule has 4 nitrogen and oxygen atoms in total. The SMILES string of the molecule is Cl.O=C(c1cccc(C(F)(F)F)c1)N1CCN(Cc2nc(-c3cccs3)cs2)CC1. The maximum absolute atomic E-state index is 12.9. The maximum Gasteiger partial charge on any atom is 0.416 e. The van der Waals surface area contributed by atoms with E-state index in [0.717, 1.165) is 27.7 Å². The Labute approximate surface area is 186 Å². The number of carbonyl (C=O) groups is 1. The summed E-state index contributed by atoms with van der Waals surface area (Å²) in [6.45, 7) is 3.01. The Balaban J connectivity index is 0.00000256. The molecular weight excluding hydrogens is 455 g/mol. The molecule has 1 aliphatic rings. The standard InChI is InChI=1S/C20H18F3N3OS2.ClH/c21-20(22,23)15-4-1-3-14(11-15)19(27)26-8-6-25(7-9-26)12-18-24-16(13-29-18)17-5-2-10-28-17;/h1-5,10-11,13H,6-9,12H2;1H. The van der Waals surface area contributed by atoms with Gasteiger partial charge in [-0.25, -0.2) is 4.98 Å². The molecular formula is C20H19ClF3N3OS2. The summed E-state index contributed by atoms with van der Waals surface area (Å²) in [5.41, 5.74) is 0.263. The molecule has 1 aromatic carbocycles. The minimum absolute atomic E-state index is 0. The maximum atomic E-state index is 12.9. The van der Waals surface area contributed by atoms with E-state index >= 15 is 0 Å². The highest BCUT2D eigenvalue weighted by Crippen LogP contribution is 2.30. The van der Waals surface area contributed by atoms with Crippen LogP contribution in [0.1, 0.15) is 20.9 Å². The van der Waals surface area contributed by atoms with Gasteiger partial charge in [0.15, 0.2) is 0 Å². The van der Waals surface area contributed by atoms with Gasteiger partial charge in [-0.1, -0.05) is 12.1 Å². The number of benzene rings is 1. The van der Waals surface area contributed by atoms with E-state index in [4.69, 9.17) is 0 Å². The molecule has 0 unspecified atom stereocenters. The minimum atomic E-state index is -4.45. The van der Waals surface area contributed by atoms with Gasteiger partial charge in [-0.3, -0.25) is 9.69 Å². The predicted molar refractivity (Wildman–Crippen MR) is 115 cm³/mol. The number of halogens is 4. The van der Waals surface area contributed by atoms with E-state index in [-0.39, 0.29) is 23.9 Å². The van der Waals surface area contributed by atoms with Gasteiger partial charge < -0.3 is 4.90 Å². The summed E-state index contributed by atoms with van der Waals surface area (Å²) in [7, 11) is 0. The topological polar surface area (TPSA) is 36.4 Å². The summed E-state index contributed by atoms with van der Waals surface area (Å²) >= 11 is 3.27. The molecule has 0 radical (unpaired) electrons. The third-order valence-corrected chi connectivity index (χ3v) is 6.51. The quantitative estimate of drug-likeness (QED) is 0.518. The van der Waals surface area contributed by atoms with Crippen molar-refractivity contribution in [3.8, 4) is 10.6 Å². The zero-order chi connectivity index (χ0) is 20.4. The van der Waals surface area contributed by atoms with Crippen LogP contribution in [0.2, 0.25) is 0 Å². The molecule has 0 spiro atoms. The fourth-order valence-electron chi connectivity index (χ4n) is 3.23. The van der Waals surface area contributed by atoms with Crippen molar-refractivity contribution in [2.45, 2.75) is 12.7 Å². The fraction of sp³-hybridized carbons (Fsp3) is 0.300. The molecule has 3 heterocycles. The fourth-order valence-corrected chi connectivity index (χ4v) is 4.83. The highest BCUT2D eigenvalue weighted by atomic mass is 35.5. The average molecular weight is 474 g/mol. The highest BCUT2D eigenvalue weighted by molar-refractivity contribution is 7.14. The molecule has 160 valence electrons. The summed E-state index contributed by atoms with van der Waals surface area (Å²) in [5.74, 6) is -0.356. The van der Waals surface area contributed by atoms with Gasteiger partial charge in [0.2, 0.25) is 0 Å². The first-order chi connectivity index (χ1) is 13.9. The van der Waals surface area contributed by atoms with Crippen molar-refractivity contribution in [1.29, 1.82) is 0 Å². The Morgan fingerprint density at radius 2 is 1.83 bits per heavy atom. The Morgan fingerprint density at radius 1 is 1.07 bits per heavy atom. The van der Waals surface area contributed by atoms with Crippen molar-refractivity contribution in [3.05, 3.63) is 63.3 Å². The van der Waals surface area contributed by atoms with Crippen molar-refractivity contribution in [1.82, 2.24) is 14.8 Å². The average Bonchev–Trinajstić information content (AvgIpc) is 3.39. The number of thiophene rings is 1. The number of thiazole rings is 1. The Kier molecular flexibility index (Phi) is 7.18. The van der Waals surface area contributed by atoms with E-state index in [2.05, 4.69) is 15.3 Å². The number of hydrogen-bond acceptors (Lipinski definition) is 5. The zero-order valence-electron chi connectivity index (χ0n) is 15.8. The summed E-state index contributed by atoms with van der Waals surface area (Å²) in [6, 6.07) is 8.66. The van der Waals surface area contributed by atoms with E-state index in [1.807, 2.05) is 17.5 Å². The molecule has 10 heteroatoms. The van der Waals surface area contributed by atoms with Crippen LogP contribution in [0.3, 0.4) is 0 Å². The van der Waals surface area contributed by atoms with Gasteiger partial charge in [0, 0.05) is 37.1 Å². The molecule has 4 rings (SSSR count). The van der Waals surface area contributed by atoms with Crippen LogP contribution >= 0.6 is 35.1 Å². The van der Waals surface area contributed by atoms with Crippen LogP contribution in [0.15, 0.2) is 47.2 Å². The van der Waals surface area contributed by atoms with Crippen LogP contribution < -0.4 is 0 Å². The third-order valence-electron chi connectivity index (χ3n) is 4.78. The number of hydrogen-bond donors (Lipinski definition) is 0. The van der Waals surface area contributed by atoms with Crippen LogP contribution in [-0.2, 0) is 12.7 Å². The summed E-state index contributed by atoms with van der Waals surface area (Å²) in [6.07, 6.45) is -4.45. The lowest BCUT2D eigenvalue weighted by atomic mass is 10.1. The second-order valence-corrected chi connectivity index (χ2v) is 8.64. The number of carbonyl (C=O) groups excluding carboxylic acids is 1.